The number of hydrogen-bond donors (Lipinski definition) is 6. The first-order chi connectivity index (χ1) is 13.7. The Hall–Kier alpha value is -3.11. The lowest BCUT2D eigenvalue weighted by atomic mass is 9.99. The van der Waals surface area contributed by atoms with Gasteiger partial charge in [-0.05, 0) is 35.4 Å². The summed E-state index contributed by atoms with van der Waals surface area (Å²) in [5.74, 6) is -1.50. The van der Waals surface area contributed by atoms with Crippen LogP contribution in [-0.2, 0) is 9.53 Å². The number of carboxylic acid groups (broad SMARTS) is 1. The Morgan fingerprint density at radius 1 is 0.862 bits per heavy atom. The van der Waals surface area contributed by atoms with Crippen LogP contribution >= 0.6 is 0 Å². The number of rotatable bonds is 5. The fourth-order valence-corrected chi connectivity index (χ4v) is 2.83. The highest BCUT2D eigenvalue weighted by atomic mass is 16.7. The third kappa shape index (κ3) is 4.84. The summed E-state index contributed by atoms with van der Waals surface area (Å²) in [4.78, 5) is 11.2. The number of hydrogen-bond acceptors (Lipinski definition) is 8. The van der Waals surface area contributed by atoms with E-state index < -0.39 is 36.7 Å². The molecule has 0 amide bonds. The van der Waals surface area contributed by atoms with Gasteiger partial charge in [-0.15, -0.1) is 0 Å². The molecule has 5 atom stereocenters. The quantitative estimate of drug-likeness (QED) is 0.387. The summed E-state index contributed by atoms with van der Waals surface area (Å²) < 4.78 is 10.5. The number of aromatic hydroxyl groups is 2. The summed E-state index contributed by atoms with van der Waals surface area (Å²) in [6.45, 7) is 0. The van der Waals surface area contributed by atoms with Crippen molar-refractivity contribution in [2.24, 2.45) is 0 Å². The minimum atomic E-state index is -1.82. The first-order valence-electron chi connectivity index (χ1n) is 8.65. The molecular formula is C20H20O9. The standard InChI is InChI=1S/C20H20O9/c21-12-5-3-10(4-6-12)1-2-11-7-13(22)9-14(8-11)28-20-17(25)15(23)16(24)18(29-20)19(26)27/h1-9,15-18,20-25H,(H,26,27)/b2-1+/i3+1,4+1,5+1,6+1,10+1,12+1. The van der Waals surface area contributed by atoms with Crippen LogP contribution in [0.1, 0.15) is 11.1 Å². The van der Waals surface area contributed by atoms with Crippen LogP contribution in [0.3, 0.4) is 0 Å². The summed E-state index contributed by atoms with van der Waals surface area (Å²) in [5, 5.41) is 57.9. The molecule has 29 heavy (non-hydrogen) atoms. The van der Waals surface area contributed by atoms with Gasteiger partial charge in [0, 0.05) is 6.07 Å². The van der Waals surface area contributed by atoms with Gasteiger partial charge in [-0.2, -0.15) is 0 Å². The normalized spacial score (nSPS) is 27.1. The molecule has 9 nitrogen and oxygen atoms in total. The maximum absolute atomic E-state index is 11.2. The van der Waals surface area contributed by atoms with E-state index in [0.29, 0.717) is 5.56 Å². The number of ether oxygens (including phenoxy) is 2. The SMILES string of the molecule is O=C(O)C1OC(Oc2cc(O)cc(/C=C/[13c]3[13cH][13cH][13c](O)[13cH][13cH]3)c2)C(O)C(O)C1O. The Balaban J connectivity index is 1.78. The van der Waals surface area contributed by atoms with Crippen LogP contribution in [0.25, 0.3) is 12.2 Å². The maximum atomic E-state index is 11.2. The zero-order chi connectivity index (χ0) is 21.1. The zero-order valence-corrected chi connectivity index (χ0v) is 15.0. The molecule has 6 N–H and O–H groups in total. The van der Waals surface area contributed by atoms with Gasteiger partial charge >= 0.3 is 5.97 Å². The number of aliphatic carboxylic acids is 1. The summed E-state index contributed by atoms with van der Waals surface area (Å²) in [5.41, 5.74) is 1.31. The molecule has 0 aliphatic carbocycles. The maximum Gasteiger partial charge on any atom is 0.335 e. The largest absolute Gasteiger partial charge is 0.508 e. The fraction of sp³-hybridized carbons (Fsp3) is 0.250. The van der Waals surface area contributed by atoms with Crippen LogP contribution < -0.4 is 4.74 Å². The lowest BCUT2D eigenvalue weighted by molar-refractivity contribution is -0.271. The number of phenols is 2. The lowest BCUT2D eigenvalue weighted by Crippen LogP contribution is -2.61. The summed E-state index contributed by atoms with van der Waals surface area (Å²) in [7, 11) is 0. The van der Waals surface area contributed by atoms with Gasteiger partial charge in [-0.1, -0.05) is 24.3 Å². The molecule has 1 heterocycles. The number of carbonyl (C=O) groups is 1. The number of aliphatic hydroxyl groups excluding tert-OH is 3. The van der Waals surface area contributed by atoms with Crippen molar-refractivity contribution in [3.63, 3.8) is 0 Å². The van der Waals surface area contributed by atoms with E-state index in [2.05, 4.69) is 0 Å². The third-order valence-electron chi connectivity index (χ3n) is 4.34. The molecule has 0 saturated carbocycles. The van der Waals surface area contributed by atoms with Crippen molar-refractivity contribution in [1.29, 1.82) is 0 Å². The summed E-state index contributed by atoms with van der Waals surface area (Å²) >= 11 is 0. The molecule has 9 heteroatoms. The molecule has 1 fully saturated rings. The van der Waals surface area contributed by atoms with Crippen LogP contribution in [0.15, 0.2) is 42.5 Å². The first-order valence-corrected chi connectivity index (χ1v) is 8.65. The van der Waals surface area contributed by atoms with Crippen molar-refractivity contribution >= 4 is 18.1 Å². The highest BCUT2D eigenvalue weighted by Crippen LogP contribution is 2.28. The molecule has 1 aliphatic rings. The molecule has 2 aromatic rings. The van der Waals surface area contributed by atoms with Crippen molar-refractivity contribution in [1.82, 2.24) is 0 Å². The summed E-state index contributed by atoms with van der Waals surface area (Å²) in [6, 6.07) is 10.6. The average molecular weight is 410 g/mol. The molecular weight excluding hydrogens is 390 g/mol. The smallest absolute Gasteiger partial charge is 0.335 e. The van der Waals surface area contributed by atoms with Crippen molar-refractivity contribution in [2.75, 3.05) is 0 Å². The Morgan fingerprint density at radius 3 is 2.17 bits per heavy atom. The predicted molar refractivity (Wildman–Crippen MR) is 100 cm³/mol. The van der Waals surface area contributed by atoms with E-state index in [1.54, 1.807) is 24.3 Å². The van der Waals surface area contributed by atoms with E-state index in [9.17, 15) is 30.3 Å². The van der Waals surface area contributed by atoms with Gasteiger partial charge in [0.25, 0.3) is 0 Å². The molecule has 1 aliphatic heterocycles. The molecule has 0 aromatic heterocycles. The number of phenolic OH excluding ortho intramolecular Hbond substituents is 2. The van der Waals surface area contributed by atoms with Crippen molar-refractivity contribution in [3.05, 3.63) is 53.6 Å². The van der Waals surface area contributed by atoms with E-state index in [4.69, 9.17) is 14.6 Å². The molecule has 3 rings (SSSR count). The van der Waals surface area contributed by atoms with Gasteiger partial charge in [0.1, 0.15) is 35.6 Å². The zero-order valence-electron chi connectivity index (χ0n) is 15.0. The summed E-state index contributed by atoms with van der Waals surface area (Å²) in [6.07, 6.45) is -5.30. The minimum absolute atomic E-state index is 0.0483. The van der Waals surface area contributed by atoms with Crippen LogP contribution in [0.2, 0.25) is 0 Å². The Morgan fingerprint density at radius 2 is 1.52 bits per heavy atom. The van der Waals surface area contributed by atoms with Crippen molar-refractivity contribution < 1.29 is 44.9 Å². The van der Waals surface area contributed by atoms with E-state index in [1.807, 2.05) is 0 Å². The Bertz CT molecular complexity index is 893. The van der Waals surface area contributed by atoms with Gasteiger partial charge in [0.2, 0.25) is 6.29 Å². The van der Waals surface area contributed by atoms with Crippen LogP contribution in [0.4, 0.5) is 0 Å². The van der Waals surface area contributed by atoms with Crippen molar-refractivity contribution in [3.8, 4) is 17.2 Å². The third-order valence-corrected chi connectivity index (χ3v) is 4.34. The highest BCUT2D eigenvalue weighted by molar-refractivity contribution is 5.73. The van der Waals surface area contributed by atoms with E-state index in [0.717, 1.165) is 5.56 Å². The van der Waals surface area contributed by atoms with Gasteiger partial charge in [-0.25, -0.2) is 4.79 Å². The molecule has 5 unspecified atom stereocenters. The van der Waals surface area contributed by atoms with E-state index >= 15 is 0 Å². The lowest BCUT2D eigenvalue weighted by Gasteiger charge is -2.38. The van der Waals surface area contributed by atoms with Crippen LogP contribution in [-0.4, -0.2) is 67.3 Å². The van der Waals surface area contributed by atoms with Gasteiger partial charge < -0.3 is 40.1 Å². The highest BCUT2D eigenvalue weighted by Gasteiger charge is 2.48. The Kier molecular flexibility index (Phi) is 6.04. The average Bonchev–Trinajstić information content (AvgIpc) is 2.67. The monoisotopic (exact) mass is 410 g/mol. The predicted octanol–water partition coefficient (Wildman–Crippen LogP) is 0.539. The minimum Gasteiger partial charge on any atom is -0.508 e. The molecule has 0 bridgehead atoms. The van der Waals surface area contributed by atoms with Crippen LogP contribution in [0.5, 0.6) is 17.2 Å². The molecule has 2 aromatic carbocycles. The second kappa shape index (κ2) is 8.50. The molecule has 0 radical (unpaired) electrons. The van der Waals surface area contributed by atoms with E-state index in [-0.39, 0.29) is 17.2 Å². The van der Waals surface area contributed by atoms with Gasteiger partial charge in [0.05, 0.1) is 0 Å². The second-order valence-corrected chi connectivity index (χ2v) is 6.54. The first kappa shape index (κ1) is 20.6. The van der Waals surface area contributed by atoms with Crippen LogP contribution in [0, 0.1) is 0 Å². The topological polar surface area (TPSA) is 157 Å². The van der Waals surface area contributed by atoms with Gasteiger partial charge in [-0.3, -0.25) is 0 Å². The molecule has 154 valence electrons. The fourth-order valence-electron chi connectivity index (χ4n) is 2.83. The number of aliphatic hydroxyl groups is 3. The molecule has 1 saturated heterocycles. The second-order valence-electron chi connectivity index (χ2n) is 6.54. The van der Waals surface area contributed by atoms with Gasteiger partial charge in [0.15, 0.2) is 6.10 Å². The van der Waals surface area contributed by atoms with E-state index in [1.165, 1.54) is 30.3 Å². The molecule has 0 spiro atoms. The number of carboxylic acids is 1. The number of benzene rings is 2. The van der Waals surface area contributed by atoms with Crippen molar-refractivity contribution in [2.45, 2.75) is 30.7 Å². The Labute approximate surface area is 165 Å².